The molecule has 1 saturated heterocycles. The van der Waals surface area contributed by atoms with Gasteiger partial charge in [0.05, 0.1) is 5.69 Å². The van der Waals surface area contributed by atoms with Gasteiger partial charge in [-0.2, -0.15) is 0 Å². The number of likely N-dealkylation sites (tertiary alicyclic amines) is 1. The highest BCUT2D eigenvalue weighted by Gasteiger charge is 2.24. The van der Waals surface area contributed by atoms with E-state index < -0.39 is 0 Å². The predicted molar refractivity (Wildman–Crippen MR) is 65.9 cm³/mol. The summed E-state index contributed by atoms with van der Waals surface area (Å²) in [6, 6.07) is 5.51. The van der Waals surface area contributed by atoms with Crippen molar-refractivity contribution in [1.82, 2.24) is 4.90 Å². The number of hydrogen-bond donors (Lipinski definition) is 2. The SMILES string of the molecule is Nc1cccc(CN2CCCC2CCO)c1F. The average Bonchev–Trinajstić information content (AvgIpc) is 2.73. The second-order valence-electron chi connectivity index (χ2n) is 4.60. The largest absolute Gasteiger partial charge is 0.396 e. The van der Waals surface area contributed by atoms with Crippen LogP contribution in [0.1, 0.15) is 24.8 Å². The van der Waals surface area contributed by atoms with Crippen LogP contribution < -0.4 is 5.73 Å². The molecule has 0 spiro atoms. The number of nitrogen functional groups attached to an aromatic ring is 1. The van der Waals surface area contributed by atoms with Crippen LogP contribution in [0.5, 0.6) is 0 Å². The number of nitrogens with two attached hydrogens (primary N) is 1. The van der Waals surface area contributed by atoms with E-state index in [0.29, 0.717) is 18.2 Å². The van der Waals surface area contributed by atoms with Gasteiger partial charge in [-0.3, -0.25) is 4.90 Å². The van der Waals surface area contributed by atoms with Crippen molar-refractivity contribution >= 4 is 5.69 Å². The molecular formula is C13H19FN2O. The highest BCUT2D eigenvalue weighted by Crippen LogP contribution is 2.24. The van der Waals surface area contributed by atoms with Crippen molar-refractivity contribution < 1.29 is 9.50 Å². The van der Waals surface area contributed by atoms with Crippen molar-refractivity contribution in [2.75, 3.05) is 18.9 Å². The molecular weight excluding hydrogens is 219 g/mol. The van der Waals surface area contributed by atoms with Crippen molar-refractivity contribution in [1.29, 1.82) is 0 Å². The second-order valence-corrected chi connectivity index (χ2v) is 4.60. The zero-order valence-corrected chi connectivity index (χ0v) is 9.90. The molecule has 0 radical (unpaired) electrons. The van der Waals surface area contributed by atoms with E-state index in [4.69, 9.17) is 10.8 Å². The van der Waals surface area contributed by atoms with Gasteiger partial charge in [0.25, 0.3) is 0 Å². The first-order valence-corrected chi connectivity index (χ1v) is 6.10. The van der Waals surface area contributed by atoms with Crippen molar-refractivity contribution in [2.45, 2.75) is 31.8 Å². The number of halogens is 1. The van der Waals surface area contributed by atoms with E-state index in [-0.39, 0.29) is 18.1 Å². The lowest BCUT2D eigenvalue weighted by Crippen LogP contribution is -2.30. The molecule has 17 heavy (non-hydrogen) atoms. The van der Waals surface area contributed by atoms with Crippen LogP contribution in [0.2, 0.25) is 0 Å². The van der Waals surface area contributed by atoms with Gasteiger partial charge >= 0.3 is 0 Å². The number of benzene rings is 1. The number of nitrogens with zero attached hydrogens (tertiary/aromatic N) is 1. The Morgan fingerprint density at radius 1 is 1.47 bits per heavy atom. The molecule has 0 aromatic heterocycles. The minimum Gasteiger partial charge on any atom is -0.396 e. The van der Waals surface area contributed by atoms with Gasteiger partial charge in [-0.15, -0.1) is 0 Å². The van der Waals surface area contributed by atoms with Crippen molar-refractivity contribution in [3.05, 3.63) is 29.6 Å². The third kappa shape index (κ3) is 2.76. The fraction of sp³-hybridized carbons (Fsp3) is 0.538. The molecule has 0 bridgehead atoms. The van der Waals surface area contributed by atoms with Crippen LogP contribution in [0.3, 0.4) is 0 Å². The molecule has 1 aromatic carbocycles. The summed E-state index contributed by atoms with van der Waals surface area (Å²) in [6.07, 6.45) is 2.98. The van der Waals surface area contributed by atoms with E-state index in [1.165, 1.54) is 0 Å². The summed E-state index contributed by atoms with van der Waals surface area (Å²) in [4.78, 5) is 2.23. The molecule has 1 aliphatic rings. The minimum absolute atomic E-state index is 0.195. The van der Waals surface area contributed by atoms with E-state index in [0.717, 1.165) is 25.8 Å². The quantitative estimate of drug-likeness (QED) is 0.786. The number of anilines is 1. The molecule has 1 fully saturated rings. The van der Waals surface area contributed by atoms with Gasteiger partial charge in [-0.05, 0) is 31.9 Å². The molecule has 1 aromatic rings. The van der Waals surface area contributed by atoms with Crippen molar-refractivity contribution in [3.63, 3.8) is 0 Å². The summed E-state index contributed by atoms with van der Waals surface area (Å²) >= 11 is 0. The van der Waals surface area contributed by atoms with Gasteiger partial charge in [0, 0.05) is 24.8 Å². The second kappa shape index (κ2) is 5.47. The van der Waals surface area contributed by atoms with Crippen LogP contribution in [-0.4, -0.2) is 29.2 Å². The topological polar surface area (TPSA) is 49.5 Å². The summed E-state index contributed by atoms with van der Waals surface area (Å²) < 4.78 is 13.8. The Kier molecular flexibility index (Phi) is 3.97. The summed E-state index contributed by atoms with van der Waals surface area (Å²) in [5.41, 5.74) is 6.41. The van der Waals surface area contributed by atoms with Gasteiger partial charge < -0.3 is 10.8 Å². The summed E-state index contributed by atoms with van der Waals surface area (Å²) in [6.45, 7) is 1.75. The first-order chi connectivity index (χ1) is 8.22. The van der Waals surface area contributed by atoms with E-state index in [2.05, 4.69) is 4.90 Å². The summed E-state index contributed by atoms with van der Waals surface area (Å²) in [7, 11) is 0. The van der Waals surface area contributed by atoms with Gasteiger partial charge in [-0.1, -0.05) is 12.1 Å². The Hall–Kier alpha value is -1.13. The van der Waals surface area contributed by atoms with Gasteiger partial charge in [0.2, 0.25) is 0 Å². The third-order valence-electron chi connectivity index (χ3n) is 3.44. The molecule has 4 heteroatoms. The number of aliphatic hydroxyl groups excluding tert-OH is 1. The van der Waals surface area contributed by atoms with Crippen molar-refractivity contribution in [3.8, 4) is 0 Å². The lowest BCUT2D eigenvalue weighted by molar-refractivity contribution is 0.188. The maximum atomic E-state index is 13.8. The molecule has 94 valence electrons. The highest BCUT2D eigenvalue weighted by atomic mass is 19.1. The van der Waals surface area contributed by atoms with Crippen molar-refractivity contribution in [2.24, 2.45) is 0 Å². The summed E-state index contributed by atoms with van der Waals surface area (Å²) in [5.74, 6) is -0.304. The zero-order chi connectivity index (χ0) is 12.3. The Balaban J connectivity index is 2.07. The fourth-order valence-electron chi connectivity index (χ4n) is 2.52. The molecule has 3 N–H and O–H groups in total. The molecule has 1 heterocycles. The highest BCUT2D eigenvalue weighted by molar-refractivity contribution is 5.42. The minimum atomic E-state index is -0.304. The predicted octanol–water partition coefficient (Wildman–Crippen LogP) is 1.75. The maximum absolute atomic E-state index is 13.8. The van der Waals surface area contributed by atoms with Crippen LogP contribution in [0.25, 0.3) is 0 Å². The van der Waals surface area contributed by atoms with E-state index in [9.17, 15) is 4.39 Å². The Labute approximate surface area is 101 Å². The monoisotopic (exact) mass is 238 g/mol. The Morgan fingerprint density at radius 2 is 2.29 bits per heavy atom. The molecule has 1 aliphatic heterocycles. The molecule has 0 aliphatic carbocycles. The summed E-state index contributed by atoms with van der Waals surface area (Å²) in [5, 5.41) is 8.99. The maximum Gasteiger partial charge on any atom is 0.150 e. The van der Waals surface area contributed by atoms with Gasteiger partial charge in [0.1, 0.15) is 0 Å². The smallest absolute Gasteiger partial charge is 0.150 e. The van der Waals surface area contributed by atoms with Gasteiger partial charge in [0.15, 0.2) is 5.82 Å². The fourth-order valence-corrected chi connectivity index (χ4v) is 2.52. The molecule has 1 unspecified atom stereocenters. The lowest BCUT2D eigenvalue weighted by Gasteiger charge is -2.24. The molecule has 0 amide bonds. The average molecular weight is 238 g/mol. The number of aliphatic hydroxyl groups is 1. The van der Waals surface area contributed by atoms with Crippen LogP contribution in [0.15, 0.2) is 18.2 Å². The van der Waals surface area contributed by atoms with E-state index in [1.807, 2.05) is 0 Å². The van der Waals surface area contributed by atoms with Gasteiger partial charge in [-0.25, -0.2) is 4.39 Å². The van der Waals surface area contributed by atoms with E-state index in [1.54, 1.807) is 18.2 Å². The molecule has 3 nitrogen and oxygen atoms in total. The Bertz CT molecular complexity index is 384. The van der Waals surface area contributed by atoms with Crippen LogP contribution in [0.4, 0.5) is 10.1 Å². The Morgan fingerprint density at radius 3 is 3.06 bits per heavy atom. The van der Waals surface area contributed by atoms with Crippen LogP contribution in [0, 0.1) is 5.82 Å². The third-order valence-corrected chi connectivity index (χ3v) is 3.44. The molecule has 1 atom stereocenters. The number of hydrogen-bond acceptors (Lipinski definition) is 3. The first-order valence-electron chi connectivity index (χ1n) is 6.10. The first kappa shape index (κ1) is 12.3. The van der Waals surface area contributed by atoms with E-state index >= 15 is 0 Å². The standard InChI is InChI=1S/C13H19FN2O/c14-13-10(3-1-5-12(13)15)9-16-7-2-4-11(16)6-8-17/h1,3,5,11,17H,2,4,6-9,15H2. The lowest BCUT2D eigenvalue weighted by atomic mass is 10.1. The number of rotatable bonds is 4. The normalized spacial score (nSPS) is 20.9. The van der Waals surface area contributed by atoms with Crippen LogP contribution in [-0.2, 0) is 6.54 Å². The molecule has 2 rings (SSSR count). The van der Waals surface area contributed by atoms with Crippen LogP contribution >= 0.6 is 0 Å². The molecule has 0 saturated carbocycles. The zero-order valence-electron chi connectivity index (χ0n) is 9.90.